The fraction of sp³-hybridized carbons (Fsp3) is 0.286. The Morgan fingerprint density at radius 1 is 1.48 bits per heavy atom. The highest BCUT2D eigenvalue weighted by Crippen LogP contribution is 2.14. The Hall–Kier alpha value is -2.25. The molecule has 21 heavy (non-hydrogen) atoms. The molecular formula is C14H18FN5O. The van der Waals surface area contributed by atoms with Crippen molar-refractivity contribution in [2.75, 3.05) is 7.05 Å². The van der Waals surface area contributed by atoms with E-state index in [0.29, 0.717) is 24.2 Å². The van der Waals surface area contributed by atoms with Gasteiger partial charge in [0.2, 0.25) is 0 Å². The van der Waals surface area contributed by atoms with E-state index in [2.05, 4.69) is 4.98 Å². The van der Waals surface area contributed by atoms with Crippen LogP contribution >= 0.6 is 0 Å². The van der Waals surface area contributed by atoms with Gasteiger partial charge in [-0.25, -0.2) is 15.2 Å². The van der Waals surface area contributed by atoms with Gasteiger partial charge in [-0.15, -0.1) is 0 Å². The SMILES string of the molecule is CN(Cc1cc(C(=O)NN)ccc1F)Cc1nccn1C. The van der Waals surface area contributed by atoms with Crippen LogP contribution in [0, 0.1) is 5.82 Å². The van der Waals surface area contributed by atoms with E-state index < -0.39 is 5.91 Å². The second-order valence-electron chi connectivity index (χ2n) is 4.91. The van der Waals surface area contributed by atoms with Crippen LogP contribution < -0.4 is 11.3 Å². The minimum absolute atomic E-state index is 0.333. The van der Waals surface area contributed by atoms with Crippen molar-refractivity contribution in [3.05, 3.63) is 53.4 Å². The summed E-state index contributed by atoms with van der Waals surface area (Å²) >= 11 is 0. The second-order valence-corrected chi connectivity index (χ2v) is 4.91. The maximum absolute atomic E-state index is 13.8. The van der Waals surface area contributed by atoms with Crippen molar-refractivity contribution in [3.8, 4) is 0 Å². The van der Waals surface area contributed by atoms with Crippen LogP contribution in [-0.2, 0) is 20.1 Å². The Morgan fingerprint density at radius 2 is 2.24 bits per heavy atom. The largest absolute Gasteiger partial charge is 0.337 e. The van der Waals surface area contributed by atoms with E-state index >= 15 is 0 Å². The van der Waals surface area contributed by atoms with Crippen LogP contribution in [0.15, 0.2) is 30.6 Å². The number of carbonyl (C=O) groups is 1. The lowest BCUT2D eigenvalue weighted by molar-refractivity contribution is 0.0953. The molecule has 0 aliphatic heterocycles. The lowest BCUT2D eigenvalue weighted by Crippen LogP contribution is -2.30. The van der Waals surface area contributed by atoms with Crippen molar-refractivity contribution in [1.29, 1.82) is 0 Å². The average Bonchev–Trinajstić information content (AvgIpc) is 2.85. The van der Waals surface area contributed by atoms with Gasteiger partial charge in [-0.2, -0.15) is 0 Å². The molecule has 1 aromatic carbocycles. The quantitative estimate of drug-likeness (QED) is 0.485. The zero-order valence-electron chi connectivity index (χ0n) is 12.0. The van der Waals surface area contributed by atoms with Gasteiger partial charge < -0.3 is 4.57 Å². The lowest BCUT2D eigenvalue weighted by atomic mass is 10.1. The van der Waals surface area contributed by atoms with Gasteiger partial charge in [0.25, 0.3) is 5.91 Å². The number of nitrogens with one attached hydrogen (secondary N) is 1. The van der Waals surface area contributed by atoms with Crippen LogP contribution in [0.25, 0.3) is 0 Å². The van der Waals surface area contributed by atoms with E-state index in [-0.39, 0.29) is 5.82 Å². The molecule has 0 unspecified atom stereocenters. The van der Waals surface area contributed by atoms with Gasteiger partial charge in [0.15, 0.2) is 0 Å². The second kappa shape index (κ2) is 6.47. The van der Waals surface area contributed by atoms with Crippen molar-refractivity contribution in [2.45, 2.75) is 13.1 Å². The molecule has 0 saturated carbocycles. The first-order chi connectivity index (χ1) is 10.0. The number of hydrogen-bond donors (Lipinski definition) is 2. The van der Waals surface area contributed by atoms with Crippen molar-refractivity contribution < 1.29 is 9.18 Å². The highest BCUT2D eigenvalue weighted by Gasteiger charge is 2.12. The number of carbonyl (C=O) groups excluding carboxylic acids is 1. The van der Waals surface area contributed by atoms with E-state index in [1.807, 2.05) is 35.2 Å². The van der Waals surface area contributed by atoms with E-state index in [1.54, 1.807) is 6.20 Å². The molecule has 112 valence electrons. The number of nitrogens with two attached hydrogens (primary N) is 1. The molecule has 0 spiro atoms. The number of rotatable bonds is 5. The van der Waals surface area contributed by atoms with Crippen LogP contribution in [0.5, 0.6) is 0 Å². The van der Waals surface area contributed by atoms with Gasteiger partial charge in [0.05, 0.1) is 6.54 Å². The Morgan fingerprint density at radius 3 is 2.86 bits per heavy atom. The molecule has 3 N–H and O–H groups in total. The summed E-state index contributed by atoms with van der Waals surface area (Å²) in [6.07, 6.45) is 3.58. The smallest absolute Gasteiger partial charge is 0.265 e. The first-order valence-corrected chi connectivity index (χ1v) is 6.45. The van der Waals surface area contributed by atoms with Gasteiger partial charge in [0.1, 0.15) is 11.6 Å². The molecule has 2 aromatic rings. The number of hydrogen-bond acceptors (Lipinski definition) is 4. The predicted molar refractivity (Wildman–Crippen MR) is 76.4 cm³/mol. The summed E-state index contributed by atoms with van der Waals surface area (Å²) in [5.74, 6) is 5.18. The van der Waals surface area contributed by atoms with E-state index in [4.69, 9.17) is 5.84 Å². The van der Waals surface area contributed by atoms with Gasteiger partial charge >= 0.3 is 0 Å². The maximum Gasteiger partial charge on any atom is 0.265 e. The zero-order chi connectivity index (χ0) is 15.4. The fourth-order valence-corrected chi connectivity index (χ4v) is 2.06. The van der Waals surface area contributed by atoms with Crippen molar-refractivity contribution in [3.63, 3.8) is 0 Å². The molecular weight excluding hydrogens is 273 g/mol. The number of aromatic nitrogens is 2. The number of imidazole rings is 1. The van der Waals surface area contributed by atoms with Crippen LogP contribution in [0.2, 0.25) is 0 Å². The monoisotopic (exact) mass is 291 g/mol. The number of nitrogens with zero attached hydrogens (tertiary/aromatic N) is 3. The zero-order valence-corrected chi connectivity index (χ0v) is 12.0. The molecule has 0 aliphatic carbocycles. The summed E-state index contributed by atoms with van der Waals surface area (Å²) in [4.78, 5) is 17.6. The molecule has 0 bridgehead atoms. The maximum atomic E-state index is 13.8. The number of amides is 1. The summed E-state index contributed by atoms with van der Waals surface area (Å²) < 4.78 is 15.8. The summed E-state index contributed by atoms with van der Waals surface area (Å²) in [5.41, 5.74) is 2.81. The summed E-state index contributed by atoms with van der Waals surface area (Å²) in [7, 11) is 3.77. The van der Waals surface area contributed by atoms with Crippen LogP contribution in [-0.4, -0.2) is 27.4 Å². The van der Waals surface area contributed by atoms with Gasteiger partial charge in [-0.05, 0) is 25.2 Å². The van der Waals surface area contributed by atoms with Crippen LogP contribution in [0.4, 0.5) is 4.39 Å². The van der Waals surface area contributed by atoms with Gasteiger partial charge in [-0.3, -0.25) is 15.1 Å². The van der Waals surface area contributed by atoms with Gasteiger partial charge in [0, 0.05) is 37.1 Å². The molecule has 1 heterocycles. The Labute approximate surface area is 122 Å². The summed E-state index contributed by atoms with van der Waals surface area (Å²) in [5, 5.41) is 0. The number of aryl methyl sites for hydroxylation is 1. The highest BCUT2D eigenvalue weighted by molar-refractivity contribution is 5.93. The van der Waals surface area contributed by atoms with E-state index in [0.717, 1.165) is 5.82 Å². The van der Waals surface area contributed by atoms with Gasteiger partial charge in [-0.1, -0.05) is 0 Å². The van der Waals surface area contributed by atoms with Crippen molar-refractivity contribution in [1.82, 2.24) is 19.9 Å². The number of benzene rings is 1. The molecule has 0 saturated heterocycles. The minimum atomic E-state index is -0.442. The molecule has 6 nitrogen and oxygen atoms in total. The summed E-state index contributed by atoms with van der Waals surface area (Å²) in [6.45, 7) is 0.945. The minimum Gasteiger partial charge on any atom is -0.337 e. The number of halogens is 1. The third-order valence-electron chi connectivity index (χ3n) is 3.21. The Balaban J connectivity index is 2.11. The lowest BCUT2D eigenvalue weighted by Gasteiger charge is -2.17. The number of hydrazine groups is 1. The molecule has 0 aliphatic rings. The molecule has 0 radical (unpaired) electrons. The third kappa shape index (κ3) is 3.65. The Kier molecular flexibility index (Phi) is 4.66. The fourth-order valence-electron chi connectivity index (χ4n) is 2.06. The topological polar surface area (TPSA) is 76.2 Å². The van der Waals surface area contributed by atoms with E-state index in [1.165, 1.54) is 18.2 Å². The average molecular weight is 291 g/mol. The van der Waals surface area contributed by atoms with E-state index in [9.17, 15) is 9.18 Å². The van der Waals surface area contributed by atoms with Crippen molar-refractivity contribution in [2.24, 2.45) is 12.9 Å². The third-order valence-corrected chi connectivity index (χ3v) is 3.21. The normalized spacial score (nSPS) is 10.9. The molecule has 2 rings (SSSR count). The highest BCUT2D eigenvalue weighted by atomic mass is 19.1. The molecule has 1 aromatic heterocycles. The van der Waals surface area contributed by atoms with Crippen LogP contribution in [0.3, 0.4) is 0 Å². The van der Waals surface area contributed by atoms with Crippen LogP contribution in [0.1, 0.15) is 21.7 Å². The first-order valence-electron chi connectivity index (χ1n) is 6.45. The Bertz CT molecular complexity index is 640. The predicted octanol–water partition coefficient (Wildman–Crippen LogP) is 0.795. The molecule has 1 amide bonds. The first kappa shape index (κ1) is 15.1. The molecule has 0 fully saturated rings. The number of nitrogen functional groups attached to an aromatic ring is 1. The summed E-state index contributed by atoms with van der Waals surface area (Å²) in [6, 6.07) is 4.18. The molecule has 7 heteroatoms. The van der Waals surface area contributed by atoms with Crippen molar-refractivity contribution >= 4 is 5.91 Å². The standard InChI is InChI=1S/C14H18FN5O/c1-19(9-13-17-5-6-20(13)2)8-11-7-10(14(21)18-16)3-4-12(11)15/h3-7H,8-9,16H2,1-2H3,(H,18,21). The molecule has 0 atom stereocenters.